The second-order valence-electron chi connectivity index (χ2n) is 23.1. The van der Waals surface area contributed by atoms with Gasteiger partial charge in [-0.25, -0.2) is 8.78 Å². The number of fused-ring (bicyclic) bond motifs is 6. The van der Waals surface area contributed by atoms with Crippen molar-refractivity contribution < 1.29 is 47.2 Å². The lowest BCUT2D eigenvalue weighted by atomic mass is 9.85. The number of hydrogen-bond acceptors (Lipinski definition) is 12. The van der Waals surface area contributed by atoms with Crippen molar-refractivity contribution in [1.29, 1.82) is 0 Å². The van der Waals surface area contributed by atoms with Crippen LogP contribution in [0.5, 0.6) is 0 Å². The lowest BCUT2D eigenvalue weighted by Gasteiger charge is -2.40. The molecule has 6 aromatic rings. The highest BCUT2D eigenvalue weighted by Crippen LogP contribution is 2.46. The predicted molar refractivity (Wildman–Crippen MR) is 309 cm³/mol. The average Bonchev–Trinajstić information content (AvgIpc) is 4.16. The summed E-state index contributed by atoms with van der Waals surface area (Å²) in [5.74, 6) is -1.85. The van der Waals surface area contributed by atoms with Gasteiger partial charge in [0.2, 0.25) is 0 Å². The van der Waals surface area contributed by atoms with E-state index in [4.69, 9.17) is 28.9 Å². The number of halogens is 2. The number of carbonyl (C=O) groups excluding carboxylic acids is 2. The summed E-state index contributed by atoms with van der Waals surface area (Å²) in [5.41, 5.74) is 12.7. The number of non-ortho nitro benzene ring substituents is 2. The van der Waals surface area contributed by atoms with Gasteiger partial charge in [-0.1, -0.05) is 64.1 Å². The zero-order valence-corrected chi connectivity index (χ0v) is 47.7. The summed E-state index contributed by atoms with van der Waals surface area (Å²) in [7, 11) is 0. The molecule has 0 radical (unpaired) electrons. The normalized spacial score (nSPS) is 17.2. The summed E-state index contributed by atoms with van der Waals surface area (Å²) in [6, 6.07) is 22.4. The van der Waals surface area contributed by atoms with E-state index in [2.05, 4.69) is 13.8 Å². The Bertz CT molecular complexity index is 3320. The second-order valence-corrected chi connectivity index (χ2v) is 23.1. The van der Waals surface area contributed by atoms with Crippen LogP contribution in [0.1, 0.15) is 162 Å². The maximum absolute atomic E-state index is 14.2. The molecule has 0 spiro atoms. The highest BCUT2D eigenvalue weighted by molar-refractivity contribution is 5.99. The molecule has 16 heteroatoms. The van der Waals surface area contributed by atoms with E-state index in [0.717, 1.165) is 111 Å². The molecule has 0 N–H and O–H groups in total. The summed E-state index contributed by atoms with van der Waals surface area (Å²) in [4.78, 5) is 57.1. The number of carbonyl (C=O) groups is 2. The van der Waals surface area contributed by atoms with Gasteiger partial charge < -0.3 is 18.9 Å². The number of hydrogen-bond donors (Lipinski definition) is 0. The molecule has 4 aromatic carbocycles. The third kappa shape index (κ3) is 14.6. The molecule has 2 aromatic heterocycles. The molecule has 2 fully saturated rings. The minimum atomic E-state index is -0.930. The monoisotopic (exact) mass is 1110 g/mol. The standard InChI is InChI=1S/C37H43FN2O6.C24H21FN2O3.C4H8O/c1-22(2)35-30(18-16-27-20-28(45-37(6,7)44-27)21-32(41)46-36(3,4)5)33(23-11-13-25(38)14-12-23)34-29-17-15-26(40(42)43)19-24(29)9-8-10-31(34)39-35;1-14(2)24-20(13-28)22(15-6-8-17(25)9-7-15)23-19-11-10-18(27(29)30)12-16(19)4-3-5-21(23)26-24;1-2-4-5-3-1/h11-19,22,27-28H,8-10,20-21H2,1-7H3;6-14H,3-5H2,1-2H3;1-4H2/b18-16+;;/t27-,28-;;/m1../s1. The fourth-order valence-corrected chi connectivity index (χ4v) is 11.1. The van der Waals surface area contributed by atoms with Gasteiger partial charge in [0.05, 0.1) is 39.9 Å². The van der Waals surface area contributed by atoms with Gasteiger partial charge in [0.15, 0.2) is 12.1 Å². The van der Waals surface area contributed by atoms with Crippen molar-refractivity contribution in [2.45, 2.75) is 162 Å². The molecule has 81 heavy (non-hydrogen) atoms. The first kappa shape index (κ1) is 59.7. The fourth-order valence-electron chi connectivity index (χ4n) is 11.1. The maximum Gasteiger partial charge on any atom is 0.308 e. The third-order valence-corrected chi connectivity index (χ3v) is 14.5. The number of aromatic nitrogens is 2. The summed E-state index contributed by atoms with van der Waals surface area (Å²) >= 11 is 0. The largest absolute Gasteiger partial charge is 0.460 e. The number of pyridine rings is 2. The molecule has 0 saturated carbocycles. The smallest absolute Gasteiger partial charge is 0.308 e. The number of nitro benzene ring substituents is 2. The van der Waals surface area contributed by atoms with Gasteiger partial charge >= 0.3 is 5.97 Å². The van der Waals surface area contributed by atoms with Gasteiger partial charge in [0, 0.05) is 88.7 Å². The molecule has 2 atom stereocenters. The number of benzene rings is 4. The lowest BCUT2D eigenvalue weighted by molar-refractivity contribution is -0.385. The number of nitrogens with zero attached hydrogens (tertiary/aromatic N) is 4. The van der Waals surface area contributed by atoms with Crippen LogP contribution < -0.4 is 0 Å². The van der Waals surface area contributed by atoms with Crippen molar-refractivity contribution in [1.82, 2.24) is 9.97 Å². The summed E-state index contributed by atoms with van der Waals surface area (Å²) in [6.45, 7) is 19.4. The first-order valence-electron chi connectivity index (χ1n) is 28.0. The number of esters is 1. The highest BCUT2D eigenvalue weighted by atomic mass is 19.1. The summed E-state index contributed by atoms with van der Waals surface area (Å²) < 4.78 is 50.7. The van der Waals surface area contributed by atoms with Crippen LogP contribution in [-0.2, 0) is 49.4 Å². The van der Waals surface area contributed by atoms with Crippen LogP contribution >= 0.6 is 0 Å². The Morgan fingerprint density at radius 3 is 1.58 bits per heavy atom. The first-order valence-corrected chi connectivity index (χ1v) is 28.0. The van der Waals surface area contributed by atoms with Crippen molar-refractivity contribution in [2.75, 3.05) is 13.2 Å². The molecule has 0 amide bonds. The Morgan fingerprint density at radius 2 is 1.16 bits per heavy atom. The van der Waals surface area contributed by atoms with Crippen LogP contribution in [0.25, 0.3) is 50.6 Å². The minimum Gasteiger partial charge on any atom is -0.460 e. The number of nitro groups is 2. The van der Waals surface area contributed by atoms with E-state index in [1.165, 1.54) is 49.2 Å². The van der Waals surface area contributed by atoms with E-state index in [0.29, 0.717) is 43.4 Å². The fraction of sp³-hybridized carbons (Fsp3) is 0.415. The van der Waals surface area contributed by atoms with E-state index < -0.39 is 22.4 Å². The van der Waals surface area contributed by atoms with Crippen LogP contribution in [0.3, 0.4) is 0 Å². The number of rotatable bonds is 11. The van der Waals surface area contributed by atoms with Crippen LogP contribution in [0.4, 0.5) is 20.2 Å². The molecule has 10 rings (SSSR count). The van der Waals surface area contributed by atoms with Crippen LogP contribution in [-0.4, -0.2) is 68.9 Å². The molecule has 14 nitrogen and oxygen atoms in total. The van der Waals surface area contributed by atoms with E-state index >= 15 is 0 Å². The number of aryl methyl sites for hydroxylation is 4. The van der Waals surface area contributed by atoms with Crippen molar-refractivity contribution in [3.05, 3.63) is 168 Å². The van der Waals surface area contributed by atoms with Gasteiger partial charge in [-0.15, -0.1) is 0 Å². The van der Waals surface area contributed by atoms with Crippen LogP contribution in [0.15, 0.2) is 91.0 Å². The quantitative estimate of drug-likeness (QED) is 0.0519. The Kier molecular flexibility index (Phi) is 18.9. The van der Waals surface area contributed by atoms with Gasteiger partial charge in [-0.2, -0.15) is 0 Å². The molecular formula is C65H72F2N4O10. The highest BCUT2D eigenvalue weighted by Gasteiger charge is 2.37. The molecule has 2 aliphatic carbocycles. The molecule has 0 unspecified atom stereocenters. The van der Waals surface area contributed by atoms with Crippen LogP contribution in [0.2, 0.25) is 0 Å². The summed E-state index contributed by atoms with van der Waals surface area (Å²) in [5, 5.41) is 22.9. The van der Waals surface area contributed by atoms with Crippen molar-refractivity contribution in [3.63, 3.8) is 0 Å². The third-order valence-electron chi connectivity index (χ3n) is 14.5. The Hall–Kier alpha value is -7.40. The lowest BCUT2D eigenvalue weighted by Crippen LogP contribution is -2.45. The molecule has 0 bridgehead atoms. The van der Waals surface area contributed by atoms with Gasteiger partial charge in [0.25, 0.3) is 11.4 Å². The second kappa shape index (κ2) is 25.6. The zero-order valence-electron chi connectivity index (χ0n) is 47.7. The molecular weight excluding hydrogens is 1030 g/mol. The average molecular weight is 1110 g/mol. The maximum atomic E-state index is 14.2. The Labute approximate surface area is 472 Å². The van der Waals surface area contributed by atoms with Crippen molar-refractivity contribution in [2.24, 2.45) is 0 Å². The first-order chi connectivity index (χ1) is 38.5. The van der Waals surface area contributed by atoms with Crippen molar-refractivity contribution >= 4 is 29.7 Å². The minimum absolute atomic E-state index is 0.0364. The molecule has 4 heterocycles. The van der Waals surface area contributed by atoms with E-state index in [-0.39, 0.29) is 58.3 Å². The SMILES string of the molecule is C1CCOC1.CC(C)c1nc2c(c(-c3ccc(F)cc3)c1/C=C/[C@@H]1C[C@H](CC(=O)OC(C)(C)C)OC(C)(C)O1)-c1ccc([N+](=O)[O-])cc1CCC2.CC(C)c1nc2c(c(-c3ccc(F)cc3)c1C=O)-c1ccc([N+](=O)[O-])cc1CCC2. The van der Waals surface area contributed by atoms with Gasteiger partial charge in [-0.3, -0.25) is 39.8 Å². The van der Waals surface area contributed by atoms with E-state index in [9.17, 15) is 38.6 Å². The molecule has 426 valence electrons. The molecule has 4 aliphatic rings. The van der Waals surface area contributed by atoms with Crippen molar-refractivity contribution in [3.8, 4) is 44.5 Å². The van der Waals surface area contributed by atoms with Gasteiger partial charge in [-0.05, 0) is 168 Å². The topological polar surface area (TPSA) is 183 Å². The zero-order chi connectivity index (χ0) is 58.3. The molecule has 2 saturated heterocycles. The Balaban J connectivity index is 0.000000209. The van der Waals surface area contributed by atoms with E-state index in [1.807, 2.05) is 66.7 Å². The van der Waals surface area contributed by atoms with E-state index in [1.54, 1.807) is 42.5 Å². The predicted octanol–water partition coefficient (Wildman–Crippen LogP) is 15.4. The Morgan fingerprint density at radius 1 is 0.691 bits per heavy atom. The summed E-state index contributed by atoms with van der Waals surface area (Å²) in [6.07, 6.45) is 11.5. The molecule has 2 aliphatic heterocycles. The van der Waals surface area contributed by atoms with Gasteiger partial charge in [0.1, 0.15) is 17.2 Å². The number of aldehydes is 1. The van der Waals surface area contributed by atoms with Crippen LogP contribution in [0, 0.1) is 31.9 Å². The number of ether oxygens (including phenoxy) is 4.